The largest absolute Gasteiger partial charge is 0.497 e. The number of hydrogen-bond donors (Lipinski definition) is 4. The van der Waals surface area contributed by atoms with E-state index in [0.717, 1.165) is 17.9 Å². The van der Waals surface area contributed by atoms with Gasteiger partial charge >= 0.3 is 0 Å². The molecule has 0 bridgehead atoms. The van der Waals surface area contributed by atoms with E-state index in [-0.39, 0.29) is 0 Å². The molecule has 4 N–H and O–H groups in total. The van der Waals surface area contributed by atoms with E-state index in [2.05, 4.69) is 28.4 Å². The number of hydrogen-bond acceptors (Lipinski definition) is 3. The van der Waals surface area contributed by atoms with Crippen LogP contribution in [0.5, 0.6) is 5.75 Å². The Hall–Kier alpha value is -1.60. The highest BCUT2D eigenvalue weighted by atomic mass is 32.1. The minimum absolute atomic E-state index is 0.436. The summed E-state index contributed by atoms with van der Waals surface area (Å²) in [5, 5.41) is 7.44. The first-order valence-electron chi connectivity index (χ1n) is 7.86. The normalized spacial score (nSPS) is 20.3. The monoisotopic (exact) mass is 352 g/mol. The quantitative estimate of drug-likeness (QED) is 0.493. The lowest BCUT2D eigenvalue weighted by Gasteiger charge is -2.30. The molecule has 0 spiro atoms. The van der Waals surface area contributed by atoms with Crippen LogP contribution in [0.25, 0.3) is 0 Å². The van der Waals surface area contributed by atoms with Crippen LogP contribution >= 0.6 is 24.4 Å². The Morgan fingerprint density at radius 1 is 1.13 bits per heavy atom. The molecular weight excluding hydrogens is 328 g/mol. The molecule has 0 amide bonds. The van der Waals surface area contributed by atoms with Gasteiger partial charge in [-0.25, -0.2) is 0 Å². The Kier molecular flexibility index (Phi) is 6.85. The zero-order valence-electron chi connectivity index (χ0n) is 13.5. The van der Waals surface area contributed by atoms with Crippen LogP contribution in [0, 0.1) is 5.92 Å². The van der Waals surface area contributed by atoms with Crippen LogP contribution in [0.4, 0.5) is 5.69 Å². The molecule has 0 radical (unpaired) electrons. The molecule has 0 aliphatic heterocycles. The summed E-state index contributed by atoms with van der Waals surface area (Å²) in [5.41, 5.74) is 6.68. The third kappa shape index (κ3) is 5.84. The molecule has 126 valence electrons. The third-order valence-electron chi connectivity index (χ3n) is 4.05. The molecule has 7 heteroatoms. The second-order valence-electron chi connectivity index (χ2n) is 5.78. The lowest BCUT2D eigenvalue weighted by atomic mass is 9.86. The molecule has 2 rings (SSSR count). The summed E-state index contributed by atoms with van der Waals surface area (Å²) in [6, 6.07) is 7.99. The highest BCUT2D eigenvalue weighted by Gasteiger charge is 2.21. The molecular formula is C16H24N4OS2. The highest BCUT2D eigenvalue weighted by molar-refractivity contribution is 7.80. The van der Waals surface area contributed by atoms with Crippen LogP contribution in [-0.2, 0) is 0 Å². The number of methoxy groups -OCH3 is 1. The van der Waals surface area contributed by atoms with Gasteiger partial charge in [0.05, 0.1) is 7.11 Å². The maximum absolute atomic E-state index is 5.32. The zero-order chi connectivity index (χ0) is 16.7. The van der Waals surface area contributed by atoms with Crippen molar-refractivity contribution in [3.8, 4) is 5.75 Å². The minimum Gasteiger partial charge on any atom is -0.497 e. The lowest BCUT2D eigenvalue weighted by Crippen LogP contribution is -2.52. The van der Waals surface area contributed by atoms with Crippen molar-refractivity contribution in [3.05, 3.63) is 24.3 Å². The van der Waals surface area contributed by atoms with Gasteiger partial charge in [0, 0.05) is 17.8 Å². The number of thiocarbonyl (C=S) groups is 2. The number of ether oxygens (including phenoxy) is 1. The van der Waals surface area contributed by atoms with Crippen molar-refractivity contribution >= 4 is 40.3 Å². The maximum atomic E-state index is 5.32. The number of hydrazine groups is 1. The summed E-state index contributed by atoms with van der Waals surface area (Å²) in [4.78, 5) is 0. The van der Waals surface area contributed by atoms with Gasteiger partial charge in [-0.05, 0) is 55.3 Å². The molecule has 1 fully saturated rings. The average Bonchev–Trinajstić information content (AvgIpc) is 2.55. The van der Waals surface area contributed by atoms with E-state index < -0.39 is 0 Å². The minimum atomic E-state index is 0.436. The van der Waals surface area contributed by atoms with E-state index >= 15 is 0 Å². The molecule has 1 aromatic carbocycles. The fraction of sp³-hybridized carbons (Fsp3) is 0.500. The van der Waals surface area contributed by atoms with Crippen molar-refractivity contribution in [2.45, 2.75) is 38.6 Å². The predicted octanol–water partition coefficient (Wildman–Crippen LogP) is 2.94. The van der Waals surface area contributed by atoms with Crippen LogP contribution in [-0.4, -0.2) is 23.4 Å². The molecule has 0 aromatic heterocycles. The zero-order valence-corrected chi connectivity index (χ0v) is 15.2. The van der Waals surface area contributed by atoms with Crippen molar-refractivity contribution in [3.63, 3.8) is 0 Å². The van der Waals surface area contributed by atoms with E-state index in [4.69, 9.17) is 29.2 Å². The van der Waals surface area contributed by atoms with Gasteiger partial charge in [-0.3, -0.25) is 10.9 Å². The van der Waals surface area contributed by atoms with Gasteiger partial charge < -0.3 is 15.4 Å². The van der Waals surface area contributed by atoms with Crippen molar-refractivity contribution in [1.29, 1.82) is 0 Å². The molecule has 0 unspecified atom stereocenters. The van der Waals surface area contributed by atoms with Crippen LogP contribution in [0.2, 0.25) is 0 Å². The number of nitrogens with one attached hydrogen (secondary N) is 4. The van der Waals surface area contributed by atoms with Gasteiger partial charge in [-0.15, -0.1) is 0 Å². The summed E-state index contributed by atoms with van der Waals surface area (Å²) < 4.78 is 5.18. The Morgan fingerprint density at radius 2 is 1.87 bits per heavy atom. The van der Waals surface area contributed by atoms with Gasteiger partial charge in [0.15, 0.2) is 10.2 Å². The van der Waals surface area contributed by atoms with Gasteiger partial charge in [0.1, 0.15) is 5.75 Å². The standard InChI is InChI=1S/C16H24N4OS2/c1-11-6-3-4-9-14(11)18-16(23)20-19-15(22)17-12-7-5-8-13(10-12)21-2/h5,7-8,10-11,14H,3-4,6,9H2,1-2H3,(H2,17,19,22)(H2,18,20,23)/t11-,14+/m0/s1. The van der Waals surface area contributed by atoms with Gasteiger partial charge in [0.2, 0.25) is 0 Å². The summed E-state index contributed by atoms with van der Waals surface area (Å²) in [5.74, 6) is 1.42. The van der Waals surface area contributed by atoms with E-state index in [0.29, 0.717) is 22.2 Å². The maximum Gasteiger partial charge on any atom is 0.189 e. The Bertz CT molecular complexity index is 553. The van der Waals surface area contributed by atoms with Crippen LogP contribution in [0.3, 0.4) is 0 Å². The van der Waals surface area contributed by atoms with Crippen LogP contribution < -0.4 is 26.2 Å². The Labute approximate surface area is 148 Å². The van der Waals surface area contributed by atoms with Gasteiger partial charge in [-0.1, -0.05) is 25.8 Å². The van der Waals surface area contributed by atoms with Crippen molar-refractivity contribution in [2.24, 2.45) is 5.92 Å². The first-order valence-corrected chi connectivity index (χ1v) is 8.67. The molecule has 1 aromatic rings. The third-order valence-corrected chi connectivity index (χ3v) is 4.47. The summed E-state index contributed by atoms with van der Waals surface area (Å²) >= 11 is 10.6. The molecule has 23 heavy (non-hydrogen) atoms. The molecule has 0 saturated heterocycles. The first kappa shape index (κ1) is 17.7. The topological polar surface area (TPSA) is 57.4 Å². The van der Waals surface area contributed by atoms with Crippen LogP contribution in [0.15, 0.2) is 24.3 Å². The number of benzene rings is 1. The second-order valence-corrected chi connectivity index (χ2v) is 6.59. The molecule has 2 atom stereocenters. The summed E-state index contributed by atoms with van der Waals surface area (Å²) in [6.07, 6.45) is 4.99. The van der Waals surface area contributed by atoms with E-state index in [1.807, 2.05) is 24.3 Å². The smallest absolute Gasteiger partial charge is 0.189 e. The number of anilines is 1. The Morgan fingerprint density at radius 3 is 2.61 bits per heavy atom. The SMILES string of the molecule is COc1cccc(NC(=S)NNC(=S)N[C@@H]2CCCC[C@@H]2C)c1. The van der Waals surface area contributed by atoms with Gasteiger partial charge in [-0.2, -0.15) is 0 Å². The fourth-order valence-corrected chi connectivity index (χ4v) is 3.08. The summed E-state index contributed by atoms with van der Waals surface area (Å²) in [6.45, 7) is 2.27. The molecule has 1 aliphatic rings. The highest BCUT2D eigenvalue weighted by Crippen LogP contribution is 2.23. The molecule has 1 aliphatic carbocycles. The first-order chi connectivity index (χ1) is 11.1. The Balaban J connectivity index is 1.74. The van der Waals surface area contributed by atoms with Gasteiger partial charge in [0.25, 0.3) is 0 Å². The molecule has 1 saturated carbocycles. The van der Waals surface area contributed by atoms with Crippen molar-refractivity contribution in [1.82, 2.24) is 16.2 Å². The summed E-state index contributed by atoms with van der Waals surface area (Å²) in [7, 11) is 1.63. The lowest BCUT2D eigenvalue weighted by molar-refractivity contribution is 0.308. The number of rotatable bonds is 3. The molecule has 5 nitrogen and oxygen atoms in total. The fourth-order valence-electron chi connectivity index (χ4n) is 2.71. The van der Waals surface area contributed by atoms with E-state index in [9.17, 15) is 0 Å². The van der Waals surface area contributed by atoms with Crippen molar-refractivity contribution < 1.29 is 4.74 Å². The molecule has 0 heterocycles. The van der Waals surface area contributed by atoms with E-state index in [1.54, 1.807) is 7.11 Å². The van der Waals surface area contributed by atoms with E-state index in [1.165, 1.54) is 19.3 Å². The van der Waals surface area contributed by atoms with Crippen LogP contribution in [0.1, 0.15) is 32.6 Å². The van der Waals surface area contributed by atoms with Crippen molar-refractivity contribution in [2.75, 3.05) is 12.4 Å². The second kappa shape index (κ2) is 8.88. The predicted molar refractivity (Wildman–Crippen MR) is 103 cm³/mol. The average molecular weight is 353 g/mol.